The molecule has 3 rings (SSSR count). The standard InChI is InChI=1S/C21H28FN3/c1-16(9-10-17-6-3-4-8-20(17)22)24-15-19-11-13-25(2)21(19)18-7-5-12-23-14-18/h3-8,12,14,16,19,21,24H,9-11,13,15H2,1-2H3/t16?,19-,21-/m0/s1. The number of benzene rings is 1. The number of hydrogen-bond donors (Lipinski definition) is 1. The number of aryl methyl sites for hydroxylation is 1. The quantitative estimate of drug-likeness (QED) is 0.830. The summed E-state index contributed by atoms with van der Waals surface area (Å²) in [7, 11) is 2.19. The van der Waals surface area contributed by atoms with E-state index < -0.39 is 0 Å². The van der Waals surface area contributed by atoms with E-state index in [4.69, 9.17) is 0 Å². The van der Waals surface area contributed by atoms with Crippen molar-refractivity contribution in [2.45, 2.75) is 38.3 Å². The number of nitrogens with zero attached hydrogens (tertiary/aromatic N) is 2. The van der Waals surface area contributed by atoms with Crippen molar-refractivity contribution in [2.24, 2.45) is 5.92 Å². The molecule has 0 radical (unpaired) electrons. The van der Waals surface area contributed by atoms with Crippen LogP contribution in [0.5, 0.6) is 0 Å². The number of nitrogens with one attached hydrogen (secondary N) is 1. The van der Waals surface area contributed by atoms with Crippen molar-refractivity contribution in [3.63, 3.8) is 0 Å². The molecule has 3 nitrogen and oxygen atoms in total. The van der Waals surface area contributed by atoms with Crippen LogP contribution >= 0.6 is 0 Å². The lowest BCUT2D eigenvalue weighted by Gasteiger charge is -2.26. The van der Waals surface area contributed by atoms with E-state index in [1.165, 1.54) is 12.0 Å². The Labute approximate surface area is 150 Å². The van der Waals surface area contributed by atoms with Crippen LogP contribution in [0.4, 0.5) is 4.39 Å². The van der Waals surface area contributed by atoms with Crippen molar-refractivity contribution in [2.75, 3.05) is 20.1 Å². The number of halogens is 1. The maximum Gasteiger partial charge on any atom is 0.126 e. The van der Waals surface area contributed by atoms with Gasteiger partial charge in [-0.15, -0.1) is 0 Å². The van der Waals surface area contributed by atoms with E-state index in [1.807, 2.05) is 30.6 Å². The summed E-state index contributed by atoms with van der Waals surface area (Å²) in [5.41, 5.74) is 2.11. The first-order valence-corrected chi connectivity index (χ1v) is 9.22. The number of rotatable bonds is 7. The molecular weight excluding hydrogens is 313 g/mol. The van der Waals surface area contributed by atoms with Gasteiger partial charge in [-0.25, -0.2) is 4.39 Å². The zero-order valence-electron chi connectivity index (χ0n) is 15.2. The topological polar surface area (TPSA) is 28.2 Å². The zero-order chi connectivity index (χ0) is 17.6. The van der Waals surface area contributed by atoms with E-state index in [2.05, 4.69) is 35.2 Å². The molecule has 0 spiro atoms. The van der Waals surface area contributed by atoms with Gasteiger partial charge in [-0.1, -0.05) is 24.3 Å². The SMILES string of the molecule is CC(CCc1ccccc1F)NC[C@@H]1CCN(C)[C@H]1c1cccnc1. The van der Waals surface area contributed by atoms with Crippen molar-refractivity contribution in [3.05, 3.63) is 65.7 Å². The average molecular weight is 341 g/mol. The minimum Gasteiger partial charge on any atom is -0.314 e. The van der Waals surface area contributed by atoms with Crippen molar-refractivity contribution in [3.8, 4) is 0 Å². The minimum absolute atomic E-state index is 0.0937. The maximum absolute atomic E-state index is 13.7. The van der Waals surface area contributed by atoms with Crippen LogP contribution in [0, 0.1) is 11.7 Å². The Hall–Kier alpha value is -1.78. The summed E-state index contributed by atoms with van der Waals surface area (Å²) >= 11 is 0. The van der Waals surface area contributed by atoms with Gasteiger partial charge in [0.1, 0.15) is 5.82 Å². The van der Waals surface area contributed by atoms with E-state index in [0.717, 1.165) is 31.5 Å². The second-order valence-corrected chi connectivity index (χ2v) is 7.20. The Morgan fingerprint density at radius 2 is 2.12 bits per heavy atom. The van der Waals surface area contributed by atoms with Gasteiger partial charge in [0.2, 0.25) is 0 Å². The summed E-state index contributed by atoms with van der Waals surface area (Å²) in [6.07, 6.45) is 6.74. The van der Waals surface area contributed by atoms with Gasteiger partial charge in [0, 0.05) is 31.0 Å². The third-order valence-electron chi connectivity index (χ3n) is 5.33. The molecule has 0 bridgehead atoms. The second kappa shape index (κ2) is 8.54. The van der Waals surface area contributed by atoms with Gasteiger partial charge in [0.25, 0.3) is 0 Å². The molecule has 1 aliphatic rings. The third kappa shape index (κ3) is 4.65. The summed E-state index contributed by atoms with van der Waals surface area (Å²) < 4.78 is 13.7. The van der Waals surface area contributed by atoms with Crippen LogP contribution in [0.3, 0.4) is 0 Å². The molecule has 1 aromatic carbocycles. The lowest BCUT2D eigenvalue weighted by molar-refractivity contribution is 0.267. The first-order valence-electron chi connectivity index (χ1n) is 9.22. The van der Waals surface area contributed by atoms with Crippen molar-refractivity contribution in [1.82, 2.24) is 15.2 Å². The van der Waals surface area contributed by atoms with Crippen LogP contribution in [0.1, 0.15) is 36.9 Å². The number of hydrogen-bond acceptors (Lipinski definition) is 3. The summed E-state index contributed by atoms with van der Waals surface area (Å²) in [6.45, 7) is 4.30. The number of pyridine rings is 1. The first kappa shape index (κ1) is 18.0. The maximum atomic E-state index is 13.7. The molecule has 4 heteroatoms. The zero-order valence-corrected chi connectivity index (χ0v) is 15.2. The van der Waals surface area contributed by atoms with Crippen LogP contribution in [0.15, 0.2) is 48.8 Å². The van der Waals surface area contributed by atoms with Gasteiger partial charge in [-0.3, -0.25) is 9.88 Å². The molecule has 1 aliphatic heterocycles. The predicted molar refractivity (Wildman–Crippen MR) is 99.9 cm³/mol. The van der Waals surface area contributed by atoms with Crippen LogP contribution in [0.2, 0.25) is 0 Å². The summed E-state index contributed by atoms with van der Waals surface area (Å²) in [5, 5.41) is 3.67. The Bertz CT molecular complexity index is 661. The highest BCUT2D eigenvalue weighted by molar-refractivity contribution is 5.18. The monoisotopic (exact) mass is 341 g/mol. The largest absolute Gasteiger partial charge is 0.314 e. The van der Waals surface area contributed by atoms with E-state index >= 15 is 0 Å². The van der Waals surface area contributed by atoms with Crippen molar-refractivity contribution < 1.29 is 4.39 Å². The lowest BCUT2D eigenvalue weighted by atomic mass is 9.94. The summed E-state index contributed by atoms with van der Waals surface area (Å²) in [5.74, 6) is 0.494. The molecular formula is C21H28FN3. The van der Waals surface area contributed by atoms with E-state index in [9.17, 15) is 4.39 Å². The van der Waals surface area contributed by atoms with Gasteiger partial charge in [0.05, 0.1) is 0 Å². The predicted octanol–water partition coefficient (Wildman–Crippen LogP) is 3.82. The number of aromatic nitrogens is 1. The smallest absolute Gasteiger partial charge is 0.126 e. The van der Waals surface area contributed by atoms with E-state index in [-0.39, 0.29) is 5.82 Å². The lowest BCUT2D eigenvalue weighted by Crippen LogP contribution is -2.34. The van der Waals surface area contributed by atoms with Crippen molar-refractivity contribution in [1.29, 1.82) is 0 Å². The molecule has 1 saturated heterocycles. The van der Waals surface area contributed by atoms with Gasteiger partial charge >= 0.3 is 0 Å². The average Bonchev–Trinajstić information content (AvgIpc) is 3.00. The Kier molecular flexibility index (Phi) is 6.16. The van der Waals surface area contributed by atoms with Crippen LogP contribution in [0.25, 0.3) is 0 Å². The van der Waals surface area contributed by atoms with Gasteiger partial charge < -0.3 is 5.32 Å². The van der Waals surface area contributed by atoms with Crippen LogP contribution in [-0.4, -0.2) is 36.1 Å². The molecule has 0 amide bonds. The molecule has 2 heterocycles. The molecule has 25 heavy (non-hydrogen) atoms. The molecule has 1 unspecified atom stereocenters. The van der Waals surface area contributed by atoms with Gasteiger partial charge in [-0.05, 0) is 69.0 Å². The van der Waals surface area contributed by atoms with E-state index in [0.29, 0.717) is 18.0 Å². The highest BCUT2D eigenvalue weighted by Crippen LogP contribution is 2.35. The minimum atomic E-state index is -0.0937. The fourth-order valence-electron chi connectivity index (χ4n) is 3.85. The first-order chi connectivity index (χ1) is 12.1. The molecule has 134 valence electrons. The van der Waals surface area contributed by atoms with Crippen LogP contribution in [-0.2, 0) is 6.42 Å². The highest BCUT2D eigenvalue weighted by atomic mass is 19.1. The molecule has 0 aliphatic carbocycles. The summed E-state index contributed by atoms with van der Waals surface area (Å²) in [4.78, 5) is 6.71. The molecule has 1 fully saturated rings. The molecule has 2 aromatic rings. The van der Waals surface area contributed by atoms with Crippen molar-refractivity contribution >= 4 is 0 Å². The number of likely N-dealkylation sites (tertiary alicyclic amines) is 1. The Balaban J connectivity index is 1.51. The summed E-state index contributed by atoms with van der Waals surface area (Å²) in [6, 6.07) is 12.1. The third-order valence-corrected chi connectivity index (χ3v) is 5.33. The molecule has 0 saturated carbocycles. The molecule has 3 atom stereocenters. The van der Waals surface area contributed by atoms with Gasteiger partial charge in [-0.2, -0.15) is 0 Å². The fourth-order valence-corrected chi connectivity index (χ4v) is 3.85. The normalized spacial score (nSPS) is 22.2. The Morgan fingerprint density at radius 3 is 2.88 bits per heavy atom. The van der Waals surface area contributed by atoms with Crippen LogP contribution < -0.4 is 5.32 Å². The van der Waals surface area contributed by atoms with Gasteiger partial charge in [0.15, 0.2) is 0 Å². The molecule has 1 aromatic heterocycles. The fraction of sp³-hybridized carbons (Fsp3) is 0.476. The second-order valence-electron chi connectivity index (χ2n) is 7.20. The highest BCUT2D eigenvalue weighted by Gasteiger charge is 2.32. The van der Waals surface area contributed by atoms with E-state index in [1.54, 1.807) is 12.1 Å². The Morgan fingerprint density at radius 1 is 1.28 bits per heavy atom. The molecule has 1 N–H and O–H groups in total.